The van der Waals surface area contributed by atoms with E-state index in [1.54, 1.807) is 13.1 Å². The highest BCUT2D eigenvalue weighted by atomic mass is 35.5. The highest BCUT2D eigenvalue weighted by molar-refractivity contribution is 6.33. The zero-order valence-corrected chi connectivity index (χ0v) is 19.3. The fourth-order valence-corrected chi connectivity index (χ4v) is 3.75. The summed E-state index contributed by atoms with van der Waals surface area (Å²) in [7, 11) is 1.66. The third-order valence-electron chi connectivity index (χ3n) is 4.68. The van der Waals surface area contributed by atoms with Crippen molar-refractivity contribution in [3.8, 4) is 5.75 Å². The summed E-state index contributed by atoms with van der Waals surface area (Å²) in [5.74, 6) is 0.985. The van der Waals surface area contributed by atoms with Crippen molar-refractivity contribution >= 4 is 35.9 Å². The number of nitrogens with zero attached hydrogens (tertiary/aromatic N) is 2. The van der Waals surface area contributed by atoms with Gasteiger partial charge in [0.2, 0.25) is 0 Å². The molecule has 0 spiro atoms. The number of ether oxygens (including phenoxy) is 2. The van der Waals surface area contributed by atoms with Crippen molar-refractivity contribution in [2.24, 2.45) is 21.1 Å². The molecule has 30 heavy (non-hydrogen) atoms. The van der Waals surface area contributed by atoms with E-state index in [-0.39, 0.29) is 12.0 Å². The summed E-state index contributed by atoms with van der Waals surface area (Å²) >= 11 is 6.68. The van der Waals surface area contributed by atoms with E-state index >= 15 is 0 Å². The number of halogens is 1. The molecule has 0 unspecified atom stereocenters. The number of nitrogens with one attached hydrogen (secondary N) is 1. The van der Waals surface area contributed by atoms with Crippen molar-refractivity contribution in [3.05, 3.63) is 33.9 Å². The van der Waals surface area contributed by atoms with Crippen LogP contribution in [0.1, 0.15) is 45.7 Å². The van der Waals surface area contributed by atoms with Gasteiger partial charge in [-0.15, -0.1) is 0 Å². The Hall–Kier alpha value is -2.54. The van der Waals surface area contributed by atoms with Gasteiger partial charge in [-0.05, 0) is 57.0 Å². The number of aliphatic imine (C=N–C) groups is 2. The molecule has 0 aromatic heterocycles. The third kappa shape index (κ3) is 5.33. The van der Waals surface area contributed by atoms with Gasteiger partial charge in [0.05, 0.1) is 17.3 Å². The third-order valence-corrected chi connectivity index (χ3v) is 5.09. The maximum Gasteiger partial charge on any atom is 0.407 e. The van der Waals surface area contributed by atoms with Crippen molar-refractivity contribution in [2.75, 3.05) is 20.2 Å². The average Bonchev–Trinajstić information content (AvgIpc) is 2.63. The minimum Gasteiger partial charge on any atom is -0.490 e. The standard InChI is InChI=1S/C22H31ClN4O3/c1-21(2,3)30-20(28)27-10-11-29-15-9-8-13-14(17(15)23)12-22(4,5)16(18(13)25-6)19(24)26-7/h8-9H,6,10-12H2,1-5,7H3,(H2,24,26)(H,27,28). The monoisotopic (exact) mass is 434 g/mol. The van der Waals surface area contributed by atoms with Crippen LogP contribution in [0.4, 0.5) is 4.79 Å². The molecule has 7 nitrogen and oxygen atoms in total. The lowest BCUT2D eigenvalue weighted by Gasteiger charge is -2.35. The molecule has 2 rings (SSSR count). The molecule has 0 saturated heterocycles. The van der Waals surface area contributed by atoms with E-state index in [9.17, 15) is 4.79 Å². The van der Waals surface area contributed by atoms with Crippen molar-refractivity contribution in [1.29, 1.82) is 0 Å². The van der Waals surface area contributed by atoms with E-state index < -0.39 is 11.7 Å². The minimum atomic E-state index is -0.547. The van der Waals surface area contributed by atoms with E-state index in [0.29, 0.717) is 35.3 Å². The van der Waals surface area contributed by atoms with Crippen LogP contribution < -0.4 is 15.8 Å². The maximum absolute atomic E-state index is 11.7. The lowest BCUT2D eigenvalue weighted by atomic mass is 9.71. The molecule has 164 valence electrons. The first-order chi connectivity index (χ1) is 13.9. The topological polar surface area (TPSA) is 98.3 Å². The number of amides is 1. The molecule has 1 aliphatic rings. The van der Waals surface area contributed by atoms with Crippen molar-refractivity contribution in [1.82, 2.24) is 5.32 Å². The lowest BCUT2D eigenvalue weighted by molar-refractivity contribution is 0.0520. The summed E-state index contributed by atoms with van der Waals surface area (Å²) in [5, 5.41) is 3.18. The number of hydrogen-bond acceptors (Lipinski definition) is 5. The number of alkyl carbamates (subject to hydrolysis) is 1. The number of hydrogen-bond donors (Lipinski definition) is 2. The Balaban J connectivity index is 2.21. The normalized spacial score (nSPS) is 16.0. The Bertz CT molecular complexity index is 898. The molecule has 0 saturated carbocycles. The second-order valence-electron chi connectivity index (χ2n) is 8.73. The highest BCUT2D eigenvalue weighted by Gasteiger charge is 2.36. The summed E-state index contributed by atoms with van der Waals surface area (Å²) in [4.78, 5) is 20.1. The van der Waals surface area contributed by atoms with Crippen molar-refractivity contribution in [3.63, 3.8) is 0 Å². The van der Waals surface area contributed by atoms with Crippen LogP contribution >= 0.6 is 11.6 Å². The van der Waals surface area contributed by atoms with E-state index in [1.807, 2.05) is 26.8 Å². The maximum atomic E-state index is 11.7. The molecule has 1 amide bonds. The van der Waals surface area contributed by atoms with Gasteiger partial charge < -0.3 is 20.5 Å². The van der Waals surface area contributed by atoms with Crippen LogP contribution in [0, 0.1) is 5.41 Å². The molecule has 3 N–H and O–H groups in total. The van der Waals surface area contributed by atoms with E-state index in [1.165, 1.54) is 0 Å². The molecule has 0 bridgehead atoms. The molecule has 0 radical (unpaired) electrons. The fraction of sp³-hybridized carbons (Fsp3) is 0.500. The largest absolute Gasteiger partial charge is 0.490 e. The SMILES string of the molecule is C=NC1=C(C(N)=NC)C(C)(C)Cc2c1ccc(OCCNC(=O)OC(C)(C)C)c2Cl. The van der Waals surface area contributed by atoms with Gasteiger partial charge in [-0.25, -0.2) is 4.79 Å². The lowest BCUT2D eigenvalue weighted by Crippen LogP contribution is -2.34. The van der Waals surface area contributed by atoms with Crippen LogP contribution in [0.25, 0.3) is 5.70 Å². The number of benzene rings is 1. The molecular weight excluding hydrogens is 404 g/mol. The Morgan fingerprint density at radius 2 is 2.03 bits per heavy atom. The number of amidine groups is 1. The highest BCUT2D eigenvalue weighted by Crippen LogP contribution is 2.47. The predicted molar refractivity (Wildman–Crippen MR) is 123 cm³/mol. The molecule has 1 aromatic carbocycles. The van der Waals surface area contributed by atoms with Gasteiger partial charge >= 0.3 is 6.09 Å². The number of carbonyl (C=O) groups excluding carboxylic acids is 1. The first-order valence-electron chi connectivity index (χ1n) is 9.76. The van der Waals surface area contributed by atoms with Gasteiger partial charge in [-0.1, -0.05) is 25.4 Å². The fourth-order valence-electron chi connectivity index (χ4n) is 3.46. The molecule has 0 heterocycles. The van der Waals surface area contributed by atoms with E-state index in [0.717, 1.165) is 16.7 Å². The Morgan fingerprint density at radius 1 is 1.37 bits per heavy atom. The molecular formula is C22H31ClN4O3. The van der Waals surface area contributed by atoms with Gasteiger partial charge in [-0.3, -0.25) is 9.98 Å². The quantitative estimate of drug-likeness (QED) is 0.397. The molecule has 0 aliphatic heterocycles. The van der Waals surface area contributed by atoms with E-state index in [2.05, 4.69) is 35.9 Å². The van der Waals surface area contributed by atoms with Crippen molar-refractivity contribution < 1.29 is 14.3 Å². The zero-order chi connectivity index (χ0) is 22.7. The zero-order valence-electron chi connectivity index (χ0n) is 18.6. The average molecular weight is 435 g/mol. The van der Waals surface area contributed by atoms with Crippen LogP contribution in [0.3, 0.4) is 0 Å². The summed E-state index contributed by atoms with van der Waals surface area (Å²) in [6.45, 7) is 13.8. The molecule has 8 heteroatoms. The van der Waals surface area contributed by atoms with Gasteiger partial charge in [0.15, 0.2) is 0 Å². The molecule has 1 aromatic rings. The Kier molecular flexibility index (Phi) is 7.18. The Morgan fingerprint density at radius 3 is 2.60 bits per heavy atom. The first kappa shape index (κ1) is 23.7. The molecule has 0 fully saturated rings. The van der Waals surface area contributed by atoms with Crippen LogP contribution in [0.5, 0.6) is 5.75 Å². The van der Waals surface area contributed by atoms with Gasteiger partial charge in [0.1, 0.15) is 23.8 Å². The van der Waals surface area contributed by atoms with Crippen LogP contribution in [-0.4, -0.2) is 44.4 Å². The number of rotatable bonds is 6. The Labute approximate surface area is 183 Å². The summed E-state index contributed by atoms with van der Waals surface area (Å²) in [5.41, 5.74) is 8.63. The summed E-state index contributed by atoms with van der Waals surface area (Å²) in [6, 6.07) is 3.69. The van der Waals surface area contributed by atoms with Crippen LogP contribution in [0.15, 0.2) is 27.7 Å². The van der Waals surface area contributed by atoms with Gasteiger partial charge in [-0.2, -0.15) is 0 Å². The number of fused-ring (bicyclic) bond motifs is 1. The predicted octanol–water partition coefficient (Wildman–Crippen LogP) is 4.22. The summed E-state index contributed by atoms with van der Waals surface area (Å²) < 4.78 is 11.0. The van der Waals surface area contributed by atoms with E-state index in [4.69, 9.17) is 26.8 Å². The minimum absolute atomic E-state index is 0.254. The smallest absolute Gasteiger partial charge is 0.407 e. The molecule has 0 atom stereocenters. The second-order valence-corrected chi connectivity index (χ2v) is 9.11. The van der Waals surface area contributed by atoms with Crippen LogP contribution in [-0.2, 0) is 11.2 Å². The van der Waals surface area contributed by atoms with Gasteiger partial charge in [0, 0.05) is 18.2 Å². The van der Waals surface area contributed by atoms with Crippen molar-refractivity contribution in [2.45, 2.75) is 46.6 Å². The first-order valence-corrected chi connectivity index (χ1v) is 10.1. The van der Waals surface area contributed by atoms with Crippen LogP contribution in [0.2, 0.25) is 5.02 Å². The molecule has 1 aliphatic carbocycles. The summed E-state index contributed by atoms with van der Waals surface area (Å²) in [6.07, 6.45) is 0.165. The number of carbonyl (C=O) groups is 1. The van der Waals surface area contributed by atoms with Gasteiger partial charge in [0.25, 0.3) is 0 Å². The second kappa shape index (κ2) is 9.08. The number of nitrogens with two attached hydrogens (primary N) is 1.